The van der Waals surface area contributed by atoms with Crippen LogP contribution < -0.4 is 0 Å². The Morgan fingerprint density at radius 2 is 1.68 bits per heavy atom. The minimum absolute atomic E-state index is 0.0574. The lowest BCUT2D eigenvalue weighted by Gasteiger charge is -2.14. The van der Waals surface area contributed by atoms with Gasteiger partial charge < -0.3 is 4.74 Å². The average molecular weight is 337 g/mol. The Hall–Kier alpha value is -2.79. The first kappa shape index (κ1) is 17.0. The van der Waals surface area contributed by atoms with Crippen molar-refractivity contribution in [2.24, 2.45) is 5.92 Å². The van der Waals surface area contributed by atoms with Gasteiger partial charge in [-0.15, -0.1) is 0 Å². The monoisotopic (exact) mass is 337 g/mol. The first-order valence-corrected chi connectivity index (χ1v) is 8.10. The van der Waals surface area contributed by atoms with E-state index < -0.39 is 11.9 Å². The number of ketones is 2. The topological polar surface area (TPSA) is 63.7 Å². The summed E-state index contributed by atoms with van der Waals surface area (Å²) in [7, 11) is 1.31. The van der Waals surface area contributed by atoms with Crippen LogP contribution in [-0.4, -0.2) is 42.6 Å². The molecule has 0 bridgehead atoms. The van der Waals surface area contributed by atoms with E-state index in [4.69, 9.17) is 0 Å². The Labute approximate surface area is 146 Å². The fraction of sp³-hybridized carbons (Fsp3) is 0.250. The van der Waals surface area contributed by atoms with E-state index in [-0.39, 0.29) is 18.1 Å². The zero-order chi connectivity index (χ0) is 17.8. The van der Waals surface area contributed by atoms with Gasteiger partial charge in [0.25, 0.3) is 0 Å². The molecule has 0 spiro atoms. The number of esters is 1. The SMILES string of the molecule is COC(=O)c1ccc(C(=O)C2CN(Cc3ccccc3)CC2=O)cc1. The van der Waals surface area contributed by atoms with Crippen molar-refractivity contribution in [3.05, 3.63) is 71.3 Å². The third-order valence-electron chi connectivity index (χ3n) is 4.36. The van der Waals surface area contributed by atoms with Gasteiger partial charge in [0.1, 0.15) is 0 Å². The van der Waals surface area contributed by atoms with Gasteiger partial charge in [0, 0.05) is 18.7 Å². The number of hydrogen-bond donors (Lipinski definition) is 0. The number of ether oxygens (including phenoxy) is 1. The van der Waals surface area contributed by atoms with Gasteiger partial charge in [0.05, 0.1) is 25.1 Å². The molecule has 1 fully saturated rings. The lowest BCUT2D eigenvalue weighted by atomic mass is 9.95. The Bertz CT molecular complexity index is 783. The summed E-state index contributed by atoms with van der Waals surface area (Å²) in [5, 5.41) is 0. The predicted octanol–water partition coefficient (Wildman–Crippen LogP) is 2.36. The smallest absolute Gasteiger partial charge is 0.337 e. The molecule has 1 heterocycles. The van der Waals surface area contributed by atoms with Crippen LogP contribution in [0.2, 0.25) is 0 Å². The summed E-state index contributed by atoms with van der Waals surface area (Å²) in [6.45, 7) is 1.36. The largest absolute Gasteiger partial charge is 0.465 e. The van der Waals surface area contributed by atoms with Crippen LogP contribution in [0.15, 0.2) is 54.6 Å². The summed E-state index contributed by atoms with van der Waals surface area (Å²) < 4.78 is 4.64. The molecule has 5 heteroatoms. The third-order valence-corrected chi connectivity index (χ3v) is 4.36. The van der Waals surface area contributed by atoms with Gasteiger partial charge in [-0.2, -0.15) is 0 Å². The van der Waals surface area contributed by atoms with Crippen molar-refractivity contribution in [1.29, 1.82) is 0 Å². The van der Waals surface area contributed by atoms with E-state index in [9.17, 15) is 14.4 Å². The number of carbonyl (C=O) groups is 3. The minimum Gasteiger partial charge on any atom is -0.465 e. The summed E-state index contributed by atoms with van der Waals surface area (Å²) in [6, 6.07) is 16.1. The van der Waals surface area contributed by atoms with Crippen LogP contribution in [0.4, 0.5) is 0 Å². The minimum atomic E-state index is -0.646. The molecule has 1 aliphatic heterocycles. The molecule has 5 nitrogen and oxygen atoms in total. The molecular weight excluding hydrogens is 318 g/mol. The first-order valence-electron chi connectivity index (χ1n) is 8.10. The highest BCUT2D eigenvalue weighted by Crippen LogP contribution is 2.20. The number of Topliss-reactive ketones (excluding diaryl/α,β-unsaturated/α-hetero) is 2. The third kappa shape index (κ3) is 3.83. The molecule has 1 aliphatic rings. The lowest BCUT2D eigenvalue weighted by molar-refractivity contribution is -0.118. The average Bonchev–Trinajstić information content (AvgIpc) is 3.01. The predicted molar refractivity (Wildman–Crippen MR) is 92.3 cm³/mol. The molecule has 128 valence electrons. The van der Waals surface area contributed by atoms with E-state index in [0.717, 1.165) is 5.56 Å². The van der Waals surface area contributed by atoms with Crippen LogP contribution in [0.3, 0.4) is 0 Å². The van der Waals surface area contributed by atoms with E-state index in [2.05, 4.69) is 4.74 Å². The Morgan fingerprint density at radius 1 is 1.04 bits per heavy atom. The van der Waals surface area contributed by atoms with E-state index >= 15 is 0 Å². The number of methoxy groups -OCH3 is 1. The molecule has 0 saturated carbocycles. The van der Waals surface area contributed by atoms with Gasteiger partial charge >= 0.3 is 5.97 Å². The van der Waals surface area contributed by atoms with Crippen molar-refractivity contribution in [1.82, 2.24) is 4.90 Å². The fourth-order valence-electron chi connectivity index (χ4n) is 3.04. The molecule has 1 atom stereocenters. The Kier molecular flexibility index (Phi) is 5.05. The highest BCUT2D eigenvalue weighted by Gasteiger charge is 2.36. The molecule has 0 radical (unpaired) electrons. The van der Waals surface area contributed by atoms with Crippen LogP contribution in [0.5, 0.6) is 0 Å². The molecule has 1 unspecified atom stereocenters. The standard InChI is InChI=1S/C20H19NO4/c1-25-20(24)16-9-7-15(8-10-16)19(23)17-12-21(13-18(17)22)11-14-5-3-2-4-6-14/h2-10,17H,11-13H2,1H3. The maximum absolute atomic E-state index is 12.6. The van der Waals surface area contributed by atoms with Gasteiger partial charge in [-0.05, 0) is 17.7 Å². The van der Waals surface area contributed by atoms with Gasteiger partial charge in [-0.3, -0.25) is 14.5 Å². The number of rotatable bonds is 5. The van der Waals surface area contributed by atoms with Crippen LogP contribution in [-0.2, 0) is 16.1 Å². The summed E-state index contributed by atoms with van der Waals surface area (Å²) in [5.41, 5.74) is 1.93. The zero-order valence-electron chi connectivity index (χ0n) is 14.0. The van der Waals surface area contributed by atoms with Crippen LogP contribution >= 0.6 is 0 Å². The van der Waals surface area contributed by atoms with Crippen LogP contribution in [0.25, 0.3) is 0 Å². The Balaban J connectivity index is 1.68. The second-order valence-electron chi connectivity index (χ2n) is 6.11. The van der Waals surface area contributed by atoms with Crippen LogP contribution in [0, 0.1) is 5.92 Å². The summed E-state index contributed by atoms with van der Waals surface area (Å²) in [6.07, 6.45) is 0. The lowest BCUT2D eigenvalue weighted by Crippen LogP contribution is -2.24. The molecule has 0 aliphatic carbocycles. The van der Waals surface area contributed by atoms with Crippen molar-refractivity contribution < 1.29 is 19.1 Å². The molecule has 2 aromatic rings. The van der Waals surface area contributed by atoms with Crippen molar-refractivity contribution >= 4 is 17.5 Å². The molecule has 1 saturated heterocycles. The van der Waals surface area contributed by atoms with E-state index in [1.54, 1.807) is 24.3 Å². The number of likely N-dealkylation sites (tertiary alicyclic amines) is 1. The summed E-state index contributed by atoms with van der Waals surface area (Å²) in [4.78, 5) is 38.4. The Morgan fingerprint density at radius 3 is 2.32 bits per heavy atom. The maximum Gasteiger partial charge on any atom is 0.337 e. The van der Waals surface area contributed by atoms with Gasteiger partial charge in [0.15, 0.2) is 11.6 Å². The first-order chi connectivity index (χ1) is 12.1. The van der Waals surface area contributed by atoms with E-state index in [0.29, 0.717) is 24.2 Å². The second kappa shape index (κ2) is 7.40. The van der Waals surface area contributed by atoms with E-state index in [1.807, 2.05) is 35.2 Å². The van der Waals surface area contributed by atoms with Gasteiger partial charge in [-0.25, -0.2) is 4.79 Å². The maximum atomic E-state index is 12.6. The fourth-order valence-corrected chi connectivity index (χ4v) is 3.04. The molecular formula is C20H19NO4. The normalized spacial score (nSPS) is 17.5. The molecule has 0 amide bonds. The number of benzene rings is 2. The van der Waals surface area contributed by atoms with Crippen molar-refractivity contribution in [3.8, 4) is 0 Å². The van der Waals surface area contributed by atoms with Crippen LogP contribution in [0.1, 0.15) is 26.3 Å². The number of carbonyl (C=O) groups excluding carboxylic acids is 3. The molecule has 0 aromatic heterocycles. The van der Waals surface area contributed by atoms with Gasteiger partial charge in [-0.1, -0.05) is 42.5 Å². The number of hydrogen-bond acceptors (Lipinski definition) is 5. The quantitative estimate of drug-likeness (QED) is 0.476. The summed E-state index contributed by atoms with van der Waals surface area (Å²) >= 11 is 0. The highest BCUT2D eigenvalue weighted by molar-refractivity contribution is 6.12. The van der Waals surface area contributed by atoms with Crippen molar-refractivity contribution in [2.45, 2.75) is 6.54 Å². The van der Waals surface area contributed by atoms with Crippen molar-refractivity contribution in [3.63, 3.8) is 0 Å². The molecule has 0 N–H and O–H groups in total. The summed E-state index contributed by atoms with van der Waals surface area (Å²) in [5.74, 6) is -1.35. The van der Waals surface area contributed by atoms with Crippen molar-refractivity contribution in [2.75, 3.05) is 20.2 Å². The second-order valence-corrected chi connectivity index (χ2v) is 6.11. The molecule has 3 rings (SSSR count). The van der Waals surface area contributed by atoms with E-state index in [1.165, 1.54) is 7.11 Å². The molecule has 25 heavy (non-hydrogen) atoms. The number of nitrogens with zero attached hydrogens (tertiary/aromatic N) is 1. The van der Waals surface area contributed by atoms with Gasteiger partial charge in [0.2, 0.25) is 0 Å². The highest BCUT2D eigenvalue weighted by atomic mass is 16.5. The zero-order valence-corrected chi connectivity index (χ0v) is 14.0. The molecule has 2 aromatic carbocycles.